The van der Waals surface area contributed by atoms with Crippen LogP contribution in [0.2, 0.25) is 0 Å². The lowest BCUT2D eigenvalue weighted by Gasteiger charge is -2.54. The third-order valence-electron chi connectivity index (χ3n) is 11.7. The molecule has 0 aromatic heterocycles. The van der Waals surface area contributed by atoms with Crippen molar-refractivity contribution in [2.45, 2.75) is 253 Å². The van der Waals surface area contributed by atoms with Gasteiger partial charge in [-0.2, -0.15) is 0 Å². The van der Waals surface area contributed by atoms with E-state index in [1.807, 2.05) is 0 Å². The minimum absolute atomic E-state index is 0. The summed E-state index contributed by atoms with van der Waals surface area (Å²) in [4.78, 5) is 0. The van der Waals surface area contributed by atoms with E-state index in [1.165, 1.54) is 223 Å². The lowest BCUT2D eigenvalue weighted by Crippen LogP contribution is -3.00. The summed E-state index contributed by atoms with van der Waals surface area (Å²) in [7, 11) is 0. The Kier molecular flexibility index (Phi) is 36.3. The average Bonchev–Trinajstić information content (AvgIpc) is 3.02. The number of rotatable bonds is 36. The van der Waals surface area contributed by atoms with Crippen molar-refractivity contribution in [2.75, 3.05) is 19.6 Å². The maximum absolute atomic E-state index is 2.72. The van der Waals surface area contributed by atoms with Crippen LogP contribution in [-0.4, -0.2) is 29.7 Å². The van der Waals surface area contributed by atoms with Crippen LogP contribution in [0.3, 0.4) is 0 Å². The van der Waals surface area contributed by atoms with E-state index in [1.54, 1.807) is 0 Å². The SMILES string of the molecule is CCCCCCCCCC[N+](CCCCCCCCCC)(CCCCCCCCCC)C(C)(C)C(C)CCCCCCCC.[Br-]. The molecule has 0 aliphatic heterocycles. The first kappa shape index (κ1) is 47.6. The maximum atomic E-state index is 2.72. The highest BCUT2D eigenvalue weighted by Crippen LogP contribution is 2.37. The molecule has 1 unspecified atom stereocenters. The maximum Gasteiger partial charge on any atom is 0.0961 e. The number of nitrogens with zero attached hydrogens (tertiary/aromatic N) is 1. The second-order valence-electron chi connectivity index (χ2n) is 15.9. The highest BCUT2D eigenvalue weighted by Gasteiger charge is 2.45. The highest BCUT2D eigenvalue weighted by molar-refractivity contribution is 4.79. The van der Waals surface area contributed by atoms with Crippen molar-refractivity contribution in [2.24, 2.45) is 5.92 Å². The van der Waals surface area contributed by atoms with Crippen LogP contribution in [0.25, 0.3) is 0 Å². The molecule has 0 saturated heterocycles. The molecule has 0 aliphatic carbocycles. The van der Waals surface area contributed by atoms with Gasteiger partial charge in [0, 0.05) is 5.92 Å². The van der Waals surface area contributed by atoms with Crippen LogP contribution in [0.1, 0.15) is 248 Å². The third-order valence-corrected chi connectivity index (χ3v) is 11.7. The molecule has 0 spiro atoms. The zero-order valence-corrected chi connectivity index (χ0v) is 34.5. The van der Waals surface area contributed by atoms with Crippen LogP contribution in [0.15, 0.2) is 0 Å². The Morgan fingerprint density at radius 1 is 0.356 bits per heavy atom. The lowest BCUT2D eigenvalue weighted by atomic mass is 9.80. The topological polar surface area (TPSA) is 0 Å². The number of hydrogen-bond donors (Lipinski definition) is 0. The largest absolute Gasteiger partial charge is 1.00 e. The van der Waals surface area contributed by atoms with Crippen LogP contribution in [0.4, 0.5) is 0 Å². The molecule has 0 aromatic rings. The Bertz CT molecular complexity index is 508. The first-order chi connectivity index (χ1) is 21.4. The molecule has 0 aliphatic rings. The molecule has 0 saturated carbocycles. The van der Waals surface area contributed by atoms with Crippen molar-refractivity contribution >= 4 is 0 Å². The van der Waals surface area contributed by atoms with Gasteiger partial charge in [0.1, 0.15) is 0 Å². The summed E-state index contributed by atoms with van der Waals surface area (Å²) >= 11 is 0. The zero-order chi connectivity index (χ0) is 32.6. The fraction of sp³-hybridized carbons (Fsp3) is 1.00. The van der Waals surface area contributed by atoms with E-state index in [4.69, 9.17) is 0 Å². The highest BCUT2D eigenvalue weighted by atomic mass is 79.9. The summed E-state index contributed by atoms with van der Waals surface area (Å²) in [6.45, 7) is 21.8. The van der Waals surface area contributed by atoms with Gasteiger partial charge in [0.15, 0.2) is 0 Å². The Balaban J connectivity index is 0. The van der Waals surface area contributed by atoms with Crippen molar-refractivity contribution in [3.8, 4) is 0 Å². The number of halogens is 1. The predicted molar refractivity (Wildman–Crippen MR) is 204 cm³/mol. The van der Waals surface area contributed by atoms with E-state index in [0.29, 0.717) is 5.54 Å². The van der Waals surface area contributed by atoms with E-state index in [2.05, 4.69) is 48.5 Å². The summed E-state index contributed by atoms with van der Waals surface area (Å²) in [5.41, 5.74) is 0.382. The molecule has 0 amide bonds. The van der Waals surface area contributed by atoms with E-state index in [0.717, 1.165) is 5.92 Å². The van der Waals surface area contributed by atoms with E-state index in [-0.39, 0.29) is 17.0 Å². The second kappa shape index (κ2) is 34.3. The Morgan fingerprint density at radius 3 is 0.844 bits per heavy atom. The smallest absolute Gasteiger partial charge is 0.0961 e. The summed E-state index contributed by atoms with van der Waals surface area (Å²) in [5.74, 6) is 0.811. The molecule has 0 heterocycles. The second-order valence-corrected chi connectivity index (χ2v) is 15.9. The van der Waals surface area contributed by atoms with Crippen LogP contribution in [0, 0.1) is 5.92 Å². The van der Waals surface area contributed by atoms with Crippen molar-refractivity contribution in [1.29, 1.82) is 0 Å². The molecule has 0 radical (unpaired) electrons. The molecule has 45 heavy (non-hydrogen) atoms. The molecule has 0 fully saturated rings. The standard InChI is InChI=1S/C43H90N.BrH/c1-8-12-16-20-24-27-31-35-39-44(40-36-32-28-25-21-17-13-9-2,41-37-33-29-26-22-18-14-10-3)43(6,7)42(5)38-34-30-23-19-15-11-4;/h42H,8-41H2,1-7H3;1H/q+1;/p-1. The molecule has 0 rings (SSSR count). The van der Waals surface area contributed by atoms with Gasteiger partial charge in [-0.15, -0.1) is 0 Å². The van der Waals surface area contributed by atoms with Gasteiger partial charge in [0.05, 0.1) is 25.2 Å². The van der Waals surface area contributed by atoms with Gasteiger partial charge in [-0.3, -0.25) is 0 Å². The van der Waals surface area contributed by atoms with Gasteiger partial charge in [0.2, 0.25) is 0 Å². The Hall–Kier alpha value is 0.440. The first-order valence-electron chi connectivity index (χ1n) is 21.3. The van der Waals surface area contributed by atoms with Gasteiger partial charge in [0.25, 0.3) is 0 Å². The molecule has 1 nitrogen and oxygen atoms in total. The summed E-state index contributed by atoms with van der Waals surface area (Å²) in [6.07, 6.45) is 44.7. The summed E-state index contributed by atoms with van der Waals surface area (Å²) in [6, 6.07) is 0. The molecule has 1 atom stereocenters. The minimum atomic E-state index is 0. The molecule has 2 heteroatoms. The monoisotopic (exact) mass is 700 g/mol. The van der Waals surface area contributed by atoms with Gasteiger partial charge in [-0.1, -0.05) is 189 Å². The lowest BCUT2D eigenvalue weighted by molar-refractivity contribution is -0.977. The van der Waals surface area contributed by atoms with E-state index >= 15 is 0 Å². The third kappa shape index (κ3) is 25.1. The van der Waals surface area contributed by atoms with Crippen LogP contribution in [0.5, 0.6) is 0 Å². The van der Waals surface area contributed by atoms with E-state index in [9.17, 15) is 0 Å². The van der Waals surface area contributed by atoms with Gasteiger partial charge >= 0.3 is 0 Å². The molecule has 274 valence electrons. The number of unbranched alkanes of at least 4 members (excludes halogenated alkanes) is 26. The molecular formula is C43H90BrN. The summed E-state index contributed by atoms with van der Waals surface area (Å²) in [5, 5.41) is 0. The van der Waals surface area contributed by atoms with Crippen molar-refractivity contribution in [1.82, 2.24) is 0 Å². The number of hydrogen-bond acceptors (Lipinski definition) is 0. The minimum Gasteiger partial charge on any atom is -1.00 e. The van der Waals surface area contributed by atoms with Gasteiger partial charge in [-0.25, -0.2) is 0 Å². The quantitative estimate of drug-likeness (QED) is 0.0451. The molecule has 0 N–H and O–H groups in total. The Morgan fingerprint density at radius 2 is 0.578 bits per heavy atom. The molecule has 0 bridgehead atoms. The van der Waals surface area contributed by atoms with E-state index < -0.39 is 0 Å². The van der Waals surface area contributed by atoms with Crippen molar-refractivity contribution < 1.29 is 21.5 Å². The first-order valence-corrected chi connectivity index (χ1v) is 21.3. The normalized spacial score (nSPS) is 12.9. The van der Waals surface area contributed by atoms with Crippen molar-refractivity contribution in [3.63, 3.8) is 0 Å². The summed E-state index contributed by atoms with van der Waals surface area (Å²) < 4.78 is 1.42. The van der Waals surface area contributed by atoms with Gasteiger partial charge < -0.3 is 21.5 Å². The average molecular weight is 701 g/mol. The van der Waals surface area contributed by atoms with Crippen LogP contribution >= 0.6 is 0 Å². The van der Waals surface area contributed by atoms with Crippen LogP contribution < -0.4 is 17.0 Å². The zero-order valence-electron chi connectivity index (χ0n) is 32.9. The van der Waals surface area contributed by atoms with Gasteiger partial charge in [-0.05, 0) is 58.8 Å². The number of quaternary nitrogens is 1. The predicted octanol–water partition coefficient (Wildman–Crippen LogP) is 12.4. The Labute approximate surface area is 299 Å². The fourth-order valence-corrected chi connectivity index (χ4v) is 7.90. The fourth-order valence-electron chi connectivity index (χ4n) is 7.90. The molecular weight excluding hydrogens is 610 g/mol. The van der Waals surface area contributed by atoms with Crippen molar-refractivity contribution in [3.05, 3.63) is 0 Å². The molecule has 0 aromatic carbocycles. The van der Waals surface area contributed by atoms with Crippen LogP contribution in [-0.2, 0) is 0 Å².